The molecule has 1 aliphatic heterocycles. The average Bonchev–Trinajstić information content (AvgIpc) is 2.59. The number of methoxy groups -OCH3 is 1. The summed E-state index contributed by atoms with van der Waals surface area (Å²) in [6.45, 7) is 3.88. The summed E-state index contributed by atoms with van der Waals surface area (Å²) >= 11 is 5.67. The highest BCUT2D eigenvalue weighted by Gasteiger charge is 2.36. The van der Waals surface area contributed by atoms with Crippen molar-refractivity contribution in [2.24, 2.45) is 5.41 Å². The number of rotatable bonds is 4. The van der Waals surface area contributed by atoms with Crippen LogP contribution >= 0.6 is 12.2 Å². The van der Waals surface area contributed by atoms with E-state index in [1.807, 2.05) is 12.2 Å². The number of nitrogens with one attached hydrogen (secondary N) is 2. The highest BCUT2D eigenvalue weighted by atomic mass is 32.1. The van der Waals surface area contributed by atoms with Gasteiger partial charge in [-0.15, -0.1) is 0 Å². The maximum absolute atomic E-state index is 5.67. The Labute approximate surface area is 143 Å². The van der Waals surface area contributed by atoms with Crippen LogP contribution in [0, 0.1) is 5.41 Å². The van der Waals surface area contributed by atoms with Gasteiger partial charge in [-0.05, 0) is 24.5 Å². The second kappa shape index (κ2) is 6.95. The fourth-order valence-electron chi connectivity index (χ4n) is 3.32. The minimum Gasteiger partial charge on any atom is -0.377 e. The van der Waals surface area contributed by atoms with Crippen molar-refractivity contribution in [2.75, 3.05) is 13.7 Å². The molecular weight excluding hydrogens is 304 g/mol. The van der Waals surface area contributed by atoms with Crippen molar-refractivity contribution in [1.29, 1.82) is 0 Å². The second-order valence-electron chi connectivity index (χ2n) is 6.44. The average molecular weight is 328 g/mol. The van der Waals surface area contributed by atoms with Gasteiger partial charge in [0.1, 0.15) is 0 Å². The molecule has 0 bridgehead atoms. The van der Waals surface area contributed by atoms with Gasteiger partial charge in [0.25, 0.3) is 0 Å². The van der Waals surface area contributed by atoms with Crippen molar-refractivity contribution in [3.8, 4) is 0 Å². The molecule has 2 aliphatic rings. The van der Waals surface area contributed by atoms with E-state index < -0.39 is 0 Å². The molecule has 0 radical (unpaired) electrons. The first-order chi connectivity index (χ1) is 11.1. The summed E-state index contributed by atoms with van der Waals surface area (Å²) in [6.07, 6.45) is 9.25. The Balaban J connectivity index is 1.60. The van der Waals surface area contributed by atoms with Crippen LogP contribution in [-0.4, -0.2) is 30.8 Å². The minimum absolute atomic E-state index is 0.0208. The normalized spacial score (nSPS) is 29.1. The number of thiocarbonyl (C=S) groups is 1. The lowest BCUT2D eigenvalue weighted by Gasteiger charge is -2.36. The van der Waals surface area contributed by atoms with Crippen LogP contribution in [0.15, 0.2) is 48.6 Å². The lowest BCUT2D eigenvalue weighted by Crippen LogP contribution is -2.50. The number of fused-ring (bicyclic) bond motifs is 1. The predicted molar refractivity (Wildman–Crippen MR) is 98.6 cm³/mol. The maximum atomic E-state index is 5.67. The van der Waals surface area contributed by atoms with Crippen LogP contribution in [0.1, 0.15) is 18.1 Å². The SMILES string of the molecule is COC1C=CC=CC1(C)C(=S)NC[C@@H]1Cc2ccccc2CN1. The van der Waals surface area contributed by atoms with Crippen LogP contribution < -0.4 is 10.6 Å². The number of ether oxygens (including phenoxy) is 1. The third kappa shape index (κ3) is 3.39. The molecule has 1 aromatic carbocycles. The summed E-state index contributed by atoms with van der Waals surface area (Å²) in [6, 6.07) is 9.03. The van der Waals surface area contributed by atoms with Crippen molar-refractivity contribution in [3.05, 3.63) is 59.7 Å². The predicted octanol–water partition coefficient (Wildman–Crippen LogP) is 2.77. The van der Waals surface area contributed by atoms with E-state index in [0.29, 0.717) is 6.04 Å². The van der Waals surface area contributed by atoms with Crippen molar-refractivity contribution in [3.63, 3.8) is 0 Å². The van der Waals surface area contributed by atoms with Crippen LogP contribution in [0.5, 0.6) is 0 Å². The third-order valence-electron chi connectivity index (χ3n) is 4.85. The molecule has 0 saturated heterocycles. The first-order valence-corrected chi connectivity index (χ1v) is 8.51. The van der Waals surface area contributed by atoms with E-state index in [0.717, 1.165) is 24.5 Å². The van der Waals surface area contributed by atoms with Gasteiger partial charge in [-0.3, -0.25) is 0 Å². The highest BCUT2D eigenvalue weighted by Crippen LogP contribution is 2.31. The molecule has 3 rings (SSSR count). The molecule has 2 N–H and O–H groups in total. The zero-order chi connectivity index (χ0) is 16.3. The fourth-order valence-corrected chi connectivity index (χ4v) is 3.58. The van der Waals surface area contributed by atoms with Gasteiger partial charge in [-0.25, -0.2) is 0 Å². The summed E-state index contributed by atoms with van der Waals surface area (Å²) in [4.78, 5) is 0.839. The summed E-state index contributed by atoms with van der Waals surface area (Å²) in [5.74, 6) is 0. The number of allylic oxidation sites excluding steroid dienone is 2. The van der Waals surface area contributed by atoms with Crippen LogP contribution in [0.4, 0.5) is 0 Å². The van der Waals surface area contributed by atoms with Gasteiger partial charge >= 0.3 is 0 Å². The maximum Gasteiger partial charge on any atom is 0.0906 e. The molecule has 4 heteroatoms. The monoisotopic (exact) mass is 328 g/mol. The minimum atomic E-state index is -0.286. The number of hydrogen-bond donors (Lipinski definition) is 2. The zero-order valence-electron chi connectivity index (χ0n) is 13.7. The molecule has 23 heavy (non-hydrogen) atoms. The third-order valence-corrected chi connectivity index (χ3v) is 5.43. The Morgan fingerprint density at radius 2 is 2.13 bits per heavy atom. The van der Waals surface area contributed by atoms with Crippen molar-refractivity contribution >= 4 is 17.2 Å². The zero-order valence-corrected chi connectivity index (χ0v) is 14.5. The molecule has 3 atom stereocenters. The molecule has 0 aromatic heterocycles. The van der Waals surface area contributed by atoms with Crippen LogP contribution in [0.2, 0.25) is 0 Å². The lowest BCUT2D eigenvalue weighted by molar-refractivity contribution is 0.0891. The van der Waals surface area contributed by atoms with Gasteiger partial charge < -0.3 is 15.4 Å². The standard InChI is InChI=1S/C19H24N2OS/c1-19(10-6-5-9-17(19)22-2)18(23)21-13-16-11-14-7-3-4-8-15(14)12-20-16/h3-10,16-17,20H,11-13H2,1-2H3,(H,21,23)/t16-,17?,19?/m0/s1. The first kappa shape index (κ1) is 16.4. The highest BCUT2D eigenvalue weighted by molar-refractivity contribution is 7.80. The molecule has 2 unspecified atom stereocenters. The van der Waals surface area contributed by atoms with E-state index in [1.165, 1.54) is 11.1 Å². The summed E-state index contributed by atoms with van der Waals surface area (Å²) in [5, 5.41) is 7.05. The number of hydrogen-bond acceptors (Lipinski definition) is 3. The lowest BCUT2D eigenvalue weighted by atomic mass is 9.80. The Bertz CT molecular complexity index is 640. The van der Waals surface area contributed by atoms with Crippen LogP contribution in [0.25, 0.3) is 0 Å². The molecule has 1 aromatic rings. The van der Waals surface area contributed by atoms with Gasteiger partial charge in [0.05, 0.1) is 16.5 Å². The van der Waals surface area contributed by atoms with Crippen LogP contribution in [-0.2, 0) is 17.7 Å². The Hall–Kier alpha value is -1.49. The van der Waals surface area contributed by atoms with E-state index in [4.69, 9.17) is 17.0 Å². The van der Waals surface area contributed by atoms with Crippen LogP contribution in [0.3, 0.4) is 0 Å². The molecule has 0 fully saturated rings. The Kier molecular flexibility index (Phi) is 4.95. The largest absolute Gasteiger partial charge is 0.377 e. The molecule has 122 valence electrons. The summed E-state index contributed by atoms with van der Waals surface area (Å²) in [5.41, 5.74) is 2.55. The van der Waals surface area contributed by atoms with E-state index in [9.17, 15) is 0 Å². The molecule has 1 aliphatic carbocycles. The van der Waals surface area contributed by atoms with Gasteiger partial charge in [-0.1, -0.05) is 60.8 Å². The van der Waals surface area contributed by atoms with Gasteiger partial charge in [-0.2, -0.15) is 0 Å². The number of benzene rings is 1. The Morgan fingerprint density at radius 1 is 1.35 bits per heavy atom. The van der Waals surface area contributed by atoms with Gasteiger partial charge in [0.15, 0.2) is 0 Å². The molecule has 0 amide bonds. The van der Waals surface area contributed by atoms with E-state index >= 15 is 0 Å². The second-order valence-corrected chi connectivity index (χ2v) is 6.85. The molecule has 3 nitrogen and oxygen atoms in total. The Morgan fingerprint density at radius 3 is 2.91 bits per heavy atom. The molecule has 0 saturated carbocycles. The molecule has 1 heterocycles. The topological polar surface area (TPSA) is 33.3 Å². The van der Waals surface area contributed by atoms with Crippen molar-refractivity contribution in [1.82, 2.24) is 10.6 Å². The fraction of sp³-hybridized carbons (Fsp3) is 0.421. The van der Waals surface area contributed by atoms with Crippen molar-refractivity contribution in [2.45, 2.75) is 32.0 Å². The first-order valence-electron chi connectivity index (χ1n) is 8.11. The van der Waals surface area contributed by atoms with Gasteiger partial charge in [0.2, 0.25) is 0 Å². The van der Waals surface area contributed by atoms with E-state index in [2.05, 4.69) is 54.0 Å². The van der Waals surface area contributed by atoms with Crippen molar-refractivity contribution < 1.29 is 4.74 Å². The van der Waals surface area contributed by atoms with Gasteiger partial charge in [0, 0.05) is 26.2 Å². The summed E-state index contributed by atoms with van der Waals surface area (Å²) in [7, 11) is 1.73. The van der Waals surface area contributed by atoms with E-state index in [-0.39, 0.29) is 11.5 Å². The molecular formula is C19H24N2OS. The smallest absolute Gasteiger partial charge is 0.0906 e. The quantitative estimate of drug-likeness (QED) is 0.833. The summed E-state index contributed by atoms with van der Waals surface area (Å²) < 4.78 is 5.59. The van der Waals surface area contributed by atoms with E-state index in [1.54, 1.807) is 7.11 Å². The molecule has 0 spiro atoms.